The molecular formula is C38H76N2. The van der Waals surface area contributed by atoms with Gasteiger partial charge in [-0.05, 0) is 25.7 Å². The minimum absolute atomic E-state index is 0.641. The molecule has 1 rings (SSSR count). The molecule has 0 aromatic rings. The van der Waals surface area contributed by atoms with Gasteiger partial charge in [-0.15, -0.1) is 0 Å². The highest BCUT2D eigenvalue weighted by Gasteiger charge is 2.24. The highest BCUT2D eigenvalue weighted by Crippen LogP contribution is 2.24. The Morgan fingerprint density at radius 2 is 0.575 bits per heavy atom. The van der Waals surface area contributed by atoms with Gasteiger partial charge in [0, 0.05) is 25.5 Å². The zero-order valence-electron chi connectivity index (χ0n) is 28.3. The van der Waals surface area contributed by atoms with Crippen molar-refractivity contribution in [3.8, 4) is 0 Å². The molecule has 238 valence electrons. The average Bonchev–Trinajstić information content (AvgIpc) is 3.35. The minimum Gasteiger partial charge on any atom is -0.356 e. The van der Waals surface area contributed by atoms with Crippen LogP contribution in [-0.4, -0.2) is 29.1 Å². The molecule has 0 spiro atoms. The molecule has 0 aliphatic carbocycles. The molecule has 0 saturated carbocycles. The van der Waals surface area contributed by atoms with Crippen molar-refractivity contribution in [2.75, 3.05) is 13.1 Å². The molecule has 0 bridgehead atoms. The maximum absolute atomic E-state index is 2.70. The summed E-state index contributed by atoms with van der Waals surface area (Å²) >= 11 is 0. The van der Waals surface area contributed by atoms with Crippen LogP contribution >= 0.6 is 0 Å². The smallest absolute Gasteiger partial charge is 0.101 e. The van der Waals surface area contributed by atoms with E-state index in [-0.39, 0.29) is 0 Å². The molecule has 2 nitrogen and oxygen atoms in total. The molecular weight excluding hydrogens is 484 g/mol. The molecule has 1 heterocycles. The fourth-order valence-electron chi connectivity index (χ4n) is 6.54. The molecule has 40 heavy (non-hydrogen) atoms. The molecule has 0 fully saturated rings. The summed E-state index contributed by atoms with van der Waals surface area (Å²) in [6.07, 6.45) is 48.5. The summed E-state index contributed by atoms with van der Waals surface area (Å²) in [7, 11) is 0. The summed E-state index contributed by atoms with van der Waals surface area (Å²) in [5, 5.41) is 0. The van der Waals surface area contributed by atoms with Gasteiger partial charge >= 0.3 is 0 Å². The molecule has 1 atom stereocenters. The van der Waals surface area contributed by atoms with Gasteiger partial charge in [0.2, 0.25) is 0 Å². The number of nitrogens with zero attached hydrogens (tertiary/aromatic N) is 2. The van der Waals surface area contributed by atoms with Crippen molar-refractivity contribution in [1.29, 1.82) is 0 Å². The van der Waals surface area contributed by atoms with Gasteiger partial charge in [-0.2, -0.15) is 0 Å². The van der Waals surface area contributed by atoms with E-state index in [1.165, 1.54) is 206 Å². The zero-order valence-corrected chi connectivity index (χ0v) is 28.3. The molecule has 0 N–H and O–H groups in total. The van der Waals surface area contributed by atoms with E-state index in [1.807, 2.05) is 0 Å². The Morgan fingerprint density at radius 1 is 0.325 bits per heavy atom. The Bertz CT molecular complexity index is 516. The Morgan fingerprint density at radius 3 is 0.875 bits per heavy atom. The second-order valence-corrected chi connectivity index (χ2v) is 13.2. The predicted octanol–water partition coefficient (Wildman–Crippen LogP) is 13.2. The maximum Gasteiger partial charge on any atom is 0.101 e. The largest absolute Gasteiger partial charge is 0.356 e. The maximum atomic E-state index is 2.70. The van der Waals surface area contributed by atoms with E-state index in [9.17, 15) is 0 Å². The lowest BCUT2D eigenvalue weighted by Crippen LogP contribution is -2.39. The normalized spacial score (nSPS) is 15.1. The van der Waals surface area contributed by atoms with Gasteiger partial charge in [0.25, 0.3) is 0 Å². The van der Waals surface area contributed by atoms with Crippen molar-refractivity contribution in [1.82, 2.24) is 9.80 Å². The first-order valence-corrected chi connectivity index (χ1v) is 19.0. The number of hydrogen-bond donors (Lipinski definition) is 0. The van der Waals surface area contributed by atoms with E-state index in [0.29, 0.717) is 6.17 Å². The predicted molar refractivity (Wildman–Crippen MR) is 182 cm³/mol. The lowest BCUT2D eigenvalue weighted by atomic mass is 10.0. The van der Waals surface area contributed by atoms with Crippen LogP contribution in [0, 0.1) is 0 Å². The second kappa shape index (κ2) is 29.8. The third kappa shape index (κ3) is 22.0. The van der Waals surface area contributed by atoms with Crippen LogP contribution in [0.1, 0.15) is 213 Å². The molecule has 0 saturated heterocycles. The molecule has 0 radical (unpaired) electrons. The van der Waals surface area contributed by atoms with E-state index in [0.717, 1.165) is 0 Å². The van der Waals surface area contributed by atoms with Crippen molar-refractivity contribution in [2.45, 2.75) is 220 Å². The highest BCUT2D eigenvalue weighted by atomic mass is 15.4. The molecule has 1 unspecified atom stereocenters. The van der Waals surface area contributed by atoms with Gasteiger partial charge in [-0.25, -0.2) is 0 Å². The van der Waals surface area contributed by atoms with Crippen LogP contribution in [0.5, 0.6) is 0 Å². The second-order valence-electron chi connectivity index (χ2n) is 13.2. The van der Waals surface area contributed by atoms with Crippen LogP contribution in [0.2, 0.25) is 0 Å². The fourth-order valence-corrected chi connectivity index (χ4v) is 6.54. The van der Waals surface area contributed by atoms with Gasteiger partial charge in [0.1, 0.15) is 6.17 Å². The first-order valence-electron chi connectivity index (χ1n) is 19.0. The van der Waals surface area contributed by atoms with Crippen molar-refractivity contribution in [3.05, 3.63) is 12.4 Å². The van der Waals surface area contributed by atoms with E-state index in [1.54, 1.807) is 0 Å². The molecule has 2 heteroatoms. The number of unbranched alkanes of at least 4 members (excludes halogenated alkanes) is 26. The third-order valence-electron chi connectivity index (χ3n) is 9.32. The van der Waals surface area contributed by atoms with Crippen molar-refractivity contribution in [3.63, 3.8) is 0 Å². The van der Waals surface area contributed by atoms with Gasteiger partial charge in [-0.3, -0.25) is 0 Å². The number of hydrogen-bond acceptors (Lipinski definition) is 2. The van der Waals surface area contributed by atoms with Gasteiger partial charge in [0.05, 0.1) is 0 Å². The Hall–Kier alpha value is -0.660. The van der Waals surface area contributed by atoms with E-state index >= 15 is 0 Å². The topological polar surface area (TPSA) is 6.48 Å². The van der Waals surface area contributed by atoms with Crippen LogP contribution < -0.4 is 0 Å². The SMILES string of the molecule is CCCCCCCCCCCCCCCCCCC1N(CCCCCCC)C=CN1CCCCCCCCCC. The first kappa shape index (κ1) is 37.4. The Kier molecular flexibility index (Phi) is 27.9. The third-order valence-corrected chi connectivity index (χ3v) is 9.32. The summed E-state index contributed by atoms with van der Waals surface area (Å²) in [5.74, 6) is 0. The summed E-state index contributed by atoms with van der Waals surface area (Å²) in [6.45, 7) is 9.47. The van der Waals surface area contributed by atoms with Gasteiger partial charge in [-0.1, -0.05) is 188 Å². The van der Waals surface area contributed by atoms with Crippen molar-refractivity contribution >= 4 is 0 Å². The summed E-state index contributed by atoms with van der Waals surface area (Å²) in [4.78, 5) is 5.40. The number of rotatable bonds is 32. The Labute approximate surface area is 254 Å². The molecule has 0 amide bonds. The van der Waals surface area contributed by atoms with E-state index < -0.39 is 0 Å². The summed E-state index contributed by atoms with van der Waals surface area (Å²) in [6, 6.07) is 0. The van der Waals surface area contributed by atoms with Crippen molar-refractivity contribution < 1.29 is 0 Å². The minimum atomic E-state index is 0.641. The molecule has 0 aromatic heterocycles. The van der Waals surface area contributed by atoms with Gasteiger partial charge < -0.3 is 9.80 Å². The lowest BCUT2D eigenvalue weighted by Gasteiger charge is -2.33. The fraction of sp³-hybridized carbons (Fsp3) is 0.947. The molecule has 0 aromatic carbocycles. The first-order chi connectivity index (χ1) is 19.8. The van der Waals surface area contributed by atoms with Crippen LogP contribution in [0.25, 0.3) is 0 Å². The highest BCUT2D eigenvalue weighted by molar-refractivity contribution is 4.97. The van der Waals surface area contributed by atoms with E-state index in [4.69, 9.17) is 0 Å². The summed E-state index contributed by atoms with van der Waals surface area (Å²) < 4.78 is 0. The lowest BCUT2D eigenvalue weighted by molar-refractivity contribution is 0.135. The van der Waals surface area contributed by atoms with Crippen LogP contribution in [0.4, 0.5) is 0 Å². The Balaban J connectivity index is 2.12. The standard InChI is InChI=1S/C38H76N2/c1-4-7-10-13-15-17-18-19-20-21-22-23-24-25-27-30-33-38-39(34-31-28-12-9-6-3)36-37-40(38)35-32-29-26-16-14-11-8-5-2/h36-38H,4-35H2,1-3H3. The van der Waals surface area contributed by atoms with Crippen LogP contribution in [-0.2, 0) is 0 Å². The van der Waals surface area contributed by atoms with Crippen molar-refractivity contribution in [2.24, 2.45) is 0 Å². The van der Waals surface area contributed by atoms with Gasteiger partial charge in [0.15, 0.2) is 0 Å². The average molecular weight is 561 g/mol. The molecule has 1 aliphatic heterocycles. The molecule has 1 aliphatic rings. The van der Waals surface area contributed by atoms with Crippen LogP contribution in [0.15, 0.2) is 12.4 Å². The summed E-state index contributed by atoms with van der Waals surface area (Å²) in [5.41, 5.74) is 0. The van der Waals surface area contributed by atoms with E-state index in [2.05, 4.69) is 43.0 Å². The zero-order chi connectivity index (χ0) is 28.8. The monoisotopic (exact) mass is 561 g/mol. The quantitative estimate of drug-likeness (QED) is 0.0755. The van der Waals surface area contributed by atoms with Crippen LogP contribution in [0.3, 0.4) is 0 Å².